The van der Waals surface area contributed by atoms with Gasteiger partial charge in [0, 0.05) is 12.4 Å². The van der Waals surface area contributed by atoms with Crippen LogP contribution in [0.5, 0.6) is 0 Å². The lowest BCUT2D eigenvalue weighted by atomic mass is 10.3. The molecule has 2 aromatic heterocycles. The zero-order valence-electron chi connectivity index (χ0n) is 7.84. The Kier molecular flexibility index (Phi) is 2.10. The van der Waals surface area contributed by atoms with Crippen LogP contribution in [-0.4, -0.2) is 15.3 Å². The summed E-state index contributed by atoms with van der Waals surface area (Å²) in [5, 5.41) is 8.83. The number of carbonyl (C=O) groups excluding carboxylic acids is 1. The number of aromatic nitrogens is 2. The van der Waals surface area contributed by atoms with Gasteiger partial charge in [0.25, 0.3) is 0 Å². The Hall–Kier alpha value is -2.35. The summed E-state index contributed by atoms with van der Waals surface area (Å²) in [6.07, 6.45) is 3.43. The summed E-state index contributed by atoms with van der Waals surface area (Å²) in [7, 11) is 0. The van der Waals surface area contributed by atoms with Crippen LogP contribution in [0.2, 0.25) is 0 Å². The number of nitrogens with two attached hydrogens (primary N) is 1. The van der Waals surface area contributed by atoms with Gasteiger partial charge in [-0.25, -0.2) is 4.98 Å². The smallest absolute Gasteiger partial charge is 0.223 e. The molecule has 74 valence electrons. The van der Waals surface area contributed by atoms with E-state index in [1.807, 2.05) is 6.07 Å². The van der Waals surface area contributed by atoms with Crippen molar-refractivity contribution >= 4 is 11.6 Å². The summed E-state index contributed by atoms with van der Waals surface area (Å²) in [5.41, 5.74) is 6.82. The number of nitriles is 1. The summed E-state index contributed by atoms with van der Waals surface area (Å²) >= 11 is 0. The zero-order valence-corrected chi connectivity index (χ0v) is 7.84. The second kappa shape index (κ2) is 3.42. The molecule has 2 aromatic rings. The van der Waals surface area contributed by atoms with Crippen molar-refractivity contribution < 1.29 is 4.79 Å². The average molecular weight is 200 g/mol. The standard InChI is InChI=1S/C10H8N4O/c11-5-7-2-1-3-14-8(4-9(12)15)6-13-10(7)14/h1-3,6H,4H2,(H2,12,15). The number of hydrogen-bond acceptors (Lipinski definition) is 3. The maximum atomic E-state index is 10.8. The monoisotopic (exact) mass is 200 g/mol. The Bertz CT molecular complexity index is 564. The van der Waals surface area contributed by atoms with E-state index in [1.54, 1.807) is 28.9 Å². The first-order valence-corrected chi connectivity index (χ1v) is 4.35. The van der Waals surface area contributed by atoms with Crippen molar-refractivity contribution in [2.45, 2.75) is 6.42 Å². The number of nitrogens with zero attached hydrogens (tertiary/aromatic N) is 3. The SMILES string of the molecule is N#Cc1cccn2c(CC(N)=O)cnc12. The fourth-order valence-electron chi connectivity index (χ4n) is 1.46. The second-order valence-electron chi connectivity index (χ2n) is 3.12. The van der Waals surface area contributed by atoms with Crippen LogP contribution in [0.3, 0.4) is 0 Å². The fourth-order valence-corrected chi connectivity index (χ4v) is 1.46. The van der Waals surface area contributed by atoms with Gasteiger partial charge in [0.1, 0.15) is 6.07 Å². The van der Waals surface area contributed by atoms with Crippen LogP contribution in [0, 0.1) is 11.3 Å². The summed E-state index contributed by atoms with van der Waals surface area (Å²) in [6.45, 7) is 0. The average Bonchev–Trinajstić information content (AvgIpc) is 2.61. The molecule has 0 spiro atoms. The van der Waals surface area contributed by atoms with E-state index >= 15 is 0 Å². The van der Waals surface area contributed by atoms with Gasteiger partial charge in [0.05, 0.1) is 17.7 Å². The molecule has 1 amide bonds. The lowest BCUT2D eigenvalue weighted by Gasteiger charge is -1.99. The molecule has 0 aliphatic rings. The van der Waals surface area contributed by atoms with Crippen molar-refractivity contribution in [3.05, 3.63) is 35.8 Å². The highest BCUT2D eigenvalue weighted by Crippen LogP contribution is 2.11. The summed E-state index contributed by atoms with van der Waals surface area (Å²) in [6, 6.07) is 5.45. The van der Waals surface area contributed by atoms with Crippen LogP contribution in [0.25, 0.3) is 5.65 Å². The molecule has 15 heavy (non-hydrogen) atoms. The minimum atomic E-state index is -0.417. The first-order valence-electron chi connectivity index (χ1n) is 4.35. The second-order valence-corrected chi connectivity index (χ2v) is 3.12. The molecule has 5 nitrogen and oxygen atoms in total. The summed E-state index contributed by atoms with van der Waals surface area (Å²) in [5.74, 6) is -0.417. The Labute approximate surface area is 85.8 Å². The topological polar surface area (TPSA) is 84.2 Å². The van der Waals surface area contributed by atoms with Gasteiger partial charge < -0.3 is 10.1 Å². The molecule has 0 aliphatic carbocycles. The van der Waals surface area contributed by atoms with E-state index < -0.39 is 5.91 Å². The van der Waals surface area contributed by atoms with Gasteiger partial charge >= 0.3 is 0 Å². The van der Waals surface area contributed by atoms with E-state index in [2.05, 4.69) is 4.98 Å². The lowest BCUT2D eigenvalue weighted by Crippen LogP contribution is -2.14. The Morgan fingerprint density at radius 2 is 2.47 bits per heavy atom. The molecule has 0 saturated carbocycles. The first-order chi connectivity index (χ1) is 7.22. The number of pyridine rings is 1. The van der Waals surface area contributed by atoms with Crippen molar-refractivity contribution in [1.82, 2.24) is 9.38 Å². The van der Waals surface area contributed by atoms with Gasteiger partial charge in [-0.3, -0.25) is 4.79 Å². The molecule has 0 fully saturated rings. The molecule has 0 saturated heterocycles. The third-order valence-electron chi connectivity index (χ3n) is 2.09. The molecular weight excluding hydrogens is 192 g/mol. The minimum absolute atomic E-state index is 0.121. The van der Waals surface area contributed by atoms with Crippen LogP contribution in [0.15, 0.2) is 24.5 Å². The third-order valence-corrected chi connectivity index (χ3v) is 2.09. The predicted octanol–water partition coefficient (Wildman–Crippen LogP) is 0.234. The van der Waals surface area contributed by atoms with Crippen molar-refractivity contribution in [2.75, 3.05) is 0 Å². The van der Waals surface area contributed by atoms with Crippen LogP contribution in [-0.2, 0) is 11.2 Å². The number of imidazole rings is 1. The lowest BCUT2D eigenvalue weighted by molar-refractivity contribution is -0.117. The van der Waals surface area contributed by atoms with E-state index in [0.717, 1.165) is 0 Å². The quantitative estimate of drug-likeness (QED) is 0.753. The van der Waals surface area contributed by atoms with E-state index in [-0.39, 0.29) is 6.42 Å². The molecule has 0 atom stereocenters. The van der Waals surface area contributed by atoms with Crippen LogP contribution in [0.1, 0.15) is 11.3 Å². The highest BCUT2D eigenvalue weighted by Gasteiger charge is 2.08. The molecule has 0 bridgehead atoms. The number of fused-ring (bicyclic) bond motifs is 1. The number of amides is 1. The molecule has 0 radical (unpaired) electrons. The van der Waals surface area contributed by atoms with Gasteiger partial charge in [-0.15, -0.1) is 0 Å². The Morgan fingerprint density at radius 3 is 3.13 bits per heavy atom. The Morgan fingerprint density at radius 1 is 1.67 bits per heavy atom. The number of carbonyl (C=O) groups is 1. The van der Waals surface area contributed by atoms with Crippen LogP contribution >= 0.6 is 0 Å². The number of hydrogen-bond donors (Lipinski definition) is 1. The minimum Gasteiger partial charge on any atom is -0.369 e. The largest absolute Gasteiger partial charge is 0.369 e. The van der Waals surface area contributed by atoms with Gasteiger partial charge in [-0.05, 0) is 12.1 Å². The van der Waals surface area contributed by atoms with E-state index in [0.29, 0.717) is 16.9 Å². The fraction of sp³-hybridized carbons (Fsp3) is 0.100. The first kappa shape index (κ1) is 9.21. The maximum Gasteiger partial charge on any atom is 0.223 e. The summed E-state index contributed by atoms with van der Waals surface area (Å²) in [4.78, 5) is 14.9. The highest BCUT2D eigenvalue weighted by molar-refractivity contribution is 5.76. The van der Waals surface area contributed by atoms with Gasteiger partial charge in [-0.2, -0.15) is 5.26 Å². The van der Waals surface area contributed by atoms with Crippen molar-refractivity contribution in [1.29, 1.82) is 5.26 Å². The maximum absolute atomic E-state index is 10.8. The van der Waals surface area contributed by atoms with E-state index in [4.69, 9.17) is 11.0 Å². The molecular formula is C10H8N4O. The predicted molar refractivity (Wildman–Crippen MR) is 52.8 cm³/mol. The van der Waals surface area contributed by atoms with Crippen LogP contribution < -0.4 is 5.73 Å². The van der Waals surface area contributed by atoms with Gasteiger partial charge in [0.15, 0.2) is 5.65 Å². The Balaban J connectivity index is 2.62. The molecule has 0 aromatic carbocycles. The molecule has 2 heterocycles. The normalized spacial score (nSPS) is 10.1. The zero-order chi connectivity index (χ0) is 10.8. The number of primary amides is 1. The molecule has 0 aliphatic heterocycles. The van der Waals surface area contributed by atoms with Crippen molar-refractivity contribution in [2.24, 2.45) is 5.73 Å². The molecule has 0 unspecified atom stereocenters. The van der Waals surface area contributed by atoms with Gasteiger partial charge in [-0.1, -0.05) is 0 Å². The molecule has 2 N–H and O–H groups in total. The van der Waals surface area contributed by atoms with Gasteiger partial charge in [0.2, 0.25) is 5.91 Å². The van der Waals surface area contributed by atoms with E-state index in [1.165, 1.54) is 0 Å². The van der Waals surface area contributed by atoms with E-state index in [9.17, 15) is 4.79 Å². The number of rotatable bonds is 2. The summed E-state index contributed by atoms with van der Waals surface area (Å²) < 4.78 is 1.70. The van der Waals surface area contributed by atoms with Crippen molar-refractivity contribution in [3.8, 4) is 6.07 Å². The van der Waals surface area contributed by atoms with Crippen molar-refractivity contribution in [3.63, 3.8) is 0 Å². The highest BCUT2D eigenvalue weighted by atomic mass is 16.1. The molecule has 2 rings (SSSR count). The third kappa shape index (κ3) is 1.53. The molecule has 5 heteroatoms. The van der Waals surface area contributed by atoms with Crippen LogP contribution in [0.4, 0.5) is 0 Å².